The summed E-state index contributed by atoms with van der Waals surface area (Å²) in [5, 5.41) is 6.99. The minimum absolute atomic E-state index is 0. The highest BCUT2D eigenvalue weighted by Crippen LogP contribution is 2.52. The standard InChI is InChI=1S/C17H28N2O2.ClH/c1-17(2)15(13-5-6-21-16(13)17)19-14(20)9-10-7-11-3-4-12(8-10)18-11;/h10-13,15-16,18H,3-9H2,1-2H3,(H,19,20);1H. The molecule has 0 aromatic rings. The highest BCUT2D eigenvalue weighted by Gasteiger charge is 2.59. The van der Waals surface area contributed by atoms with Crippen LogP contribution in [0.1, 0.15) is 52.4 Å². The maximum absolute atomic E-state index is 12.5. The molecule has 4 nitrogen and oxygen atoms in total. The van der Waals surface area contributed by atoms with E-state index in [1.165, 1.54) is 25.7 Å². The zero-order valence-electron chi connectivity index (χ0n) is 13.6. The Bertz CT molecular complexity index is 430. The minimum Gasteiger partial charge on any atom is -0.377 e. The van der Waals surface area contributed by atoms with Crippen LogP contribution in [0.3, 0.4) is 0 Å². The highest BCUT2D eigenvalue weighted by atomic mass is 35.5. The van der Waals surface area contributed by atoms with Gasteiger partial charge in [0.05, 0.1) is 6.10 Å². The lowest BCUT2D eigenvalue weighted by Gasteiger charge is -2.54. The summed E-state index contributed by atoms with van der Waals surface area (Å²) in [4.78, 5) is 12.5. The summed E-state index contributed by atoms with van der Waals surface area (Å²) in [6.45, 7) is 5.33. The highest BCUT2D eigenvalue weighted by molar-refractivity contribution is 5.85. The number of rotatable bonds is 3. The molecule has 3 saturated heterocycles. The van der Waals surface area contributed by atoms with Crippen molar-refractivity contribution in [2.24, 2.45) is 17.3 Å². The number of hydrogen-bond acceptors (Lipinski definition) is 3. The van der Waals surface area contributed by atoms with Gasteiger partial charge in [0, 0.05) is 42.5 Å². The van der Waals surface area contributed by atoms with Crippen LogP contribution >= 0.6 is 12.4 Å². The molecule has 2 bridgehead atoms. The van der Waals surface area contributed by atoms with Crippen LogP contribution in [0.5, 0.6) is 0 Å². The van der Waals surface area contributed by atoms with Gasteiger partial charge in [-0.1, -0.05) is 13.8 Å². The van der Waals surface area contributed by atoms with E-state index in [2.05, 4.69) is 24.5 Å². The Kier molecular flexibility index (Phi) is 4.47. The van der Waals surface area contributed by atoms with E-state index >= 15 is 0 Å². The van der Waals surface area contributed by atoms with Gasteiger partial charge in [-0.2, -0.15) is 0 Å². The van der Waals surface area contributed by atoms with E-state index < -0.39 is 0 Å². The molecule has 3 aliphatic heterocycles. The van der Waals surface area contributed by atoms with Crippen LogP contribution in [-0.4, -0.2) is 36.7 Å². The van der Waals surface area contributed by atoms with Crippen molar-refractivity contribution in [3.63, 3.8) is 0 Å². The molecule has 5 atom stereocenters. The fourth-order valence-electron chi connectivity index (χ4n) is 5.45. The first-order valence-corrected chi connectivity index (χ1v) is 8.71. The van der Waals surface area contributed by atoms with Gasteiger partial charge in [0.1, 0.15) is 0 Å². The van der Waals surface area contributed by atoms with Gasteiger partial charge in [-0.25, -0.2) is 0 Å². The lowest BCUT2D eigenvalue weighted by molar-refractivity contribution is -0.138. The molecule has 4 rings (SSSR count). The van der Waals surface area contributed by atoms with E-state index in [9.17, 15) is 4.79 Å². The molecule has 0 spiro atoms. The Morgan fingerprint density at radius 3 is 2.59 bits per heavy atom. The molecule has 126 valence electrons. The van der Waals surface area contributed by atoms with Crippen molar-refractivity contribution < 1.29 is 9.53 Å². The number of fused-ring (bicyclic) bond motifs is 3. The van der Waals surface area contributed by atoms with Gasteiger partial charge in [0.2, 0.25) is 5.91 Å². The van der Waals surface area contributed by atoms with E-state index in [1.54, 1.807) is 0 Å². The van der Waals surface area contributed by atoms with Crippen LogP contribution < -0.4 is 10.6 Å². The summed E-state index contributed by atoms with van der Waals surface area (Å²) in [5.74, 6) is 1.40. The second-order valence-corrected chi connectivity index (χ2v) is 8.29. The first-order valence-electron chi connectivity index (χ1n) is 8.71. The van der Waals surface area contributed by atoms with E-state index in [-0.39, 0.29) is 23.7 Å². The normalized spacial score (nSPS) is 44.6. The number of ether oxygens (including phenoxy) is 1. The van der Waals surface area contributed by atoms with Crippen LogP contribution in [0, 0.1) is 17.3 Å². The molecule has 3 heterocycles. The first-order chi connectivity index (χ1) is 10.0. The predicted octanol–water partition coefficient (Wildman–Crippen LogP) is 2.26. The number of carbonyl (C=O) groups is 1. The smallest absolute Gasteiger partial charge is 0.220 e. The van der Waals surface area contributed by atoms with Gasteiger partial charge in [0.15, 0.2) is 0 Å². The number of halogens is 1. The minimum atomic E-state index is 0. The van der Waals surface area contributed by atoms with Crippen molar-refractivity contribution >= 4 is 18.3 Å². The van der Waals surface area contributed by atoms with Gasteiger partial charge in [-0.05, 0) is 38.0 Å². The van der Waals surface area contributed by atoms with Crippen LogP contribution in [0.15, 0.2) is 0 Å². The fourth-order valence-corrected chi connectivity index (χ4v) is 5.45. The molecule has 1 saturated carbocycles. The maximum Gasteiger partial charge on any atom is 0.220 e. The molecule has 22 heavy (non-hydrogen) atoms. The summed E-state index contributed by atoms with van der Waals surface area (Å²) in [6.07, 6.45) is 7.17. The van der Waals surface area contributed by atoms with Crippen molar-refractivity contribution in [2.45, 2.75) is 76.6 Å². The van der Waals surface area contributed by atoms with Gasteiger partial charge >= 0.3 is 0 Å². The third-order valence-corrected chi connectivity index (χ3v) is 6.46. The van der Waals surface area contributed by atoms with Crippen molar-refractivity contribution in [1.29, 1.82) is 0 Å². The van der Waals surface area contributed by atoms with Crippen LogP contribution in [0.25, 0.3) is 0 Å². The largest absolute Gasteiger partial charge is 0.377 e. The Hall–Kier alpha value is -0.320. The lowest BCUT2D eigenvalue weighted by Crippen LogP contribution is -2.66. The van der Waals surface area contributed by atoms with Crippen molar-refractivity contribution in [3.05, 3.63) is 0 Å². The molecule has 5 heteroatoms. The number of carbonyl (C=O) groups excluding carboxylic acids is 1. The van der Waals surface area contributed by atoms with Crippen LogP contribution in [0.2, 0.25) is 0 Å². The lowest BCUT2D eigenvalue weighted by atomic mass is 9.57. The van der Waals surface area contributed by atoms with Gasteiger partial charge < -0.3 is 15.4 Å². The maximum atomic E-state index is 12.5. The molecule has 0 aromatic heterocycles. The topological polar surface area (TPSA) is 50.4 Å². The number of nitrogens with one attached hydrogen (secondary N) is 2. The molecule has 0 aromatic carbocycles. The molecule has 4 aliphatic rings. The Balaban J connectivity index is 0.00000144. The SMILES string of the molecule is CC1(C)C(NC(=O)CC2CC3CCC(C2)N3)C2CCOC21.Cl. The summed E-state index contributed by atoms with van der Waals surface area (Å²) in [5.41, 5.74) is 0.101. The monoisotopic (exact) mass is 328 g/mol. The number of piperidine rings is 1. The zero-order chi connectivity index (χ0) is 14.6. The molecule has 5 unspecified atom stereocenters. The summed E-state index contributed by atoms with van der Waals surface area (Å²) in [6, 6.07) is 1.67. The molecule has 4 fully saturated rings. The first kappa shape index (κ1) is 16.5. The fraction of sp³-hybridized carbons (Fsp3) is 0.941. The van der Waals surface area contributed by atoms with E-state index in [4.69, 9.17) is 4.74 Å². The second-order valence-electron chi connectivity index (χ2n) is 8.29. The quantitative estimate of drug-likeness (QED) is 0.835. The van der Waals surface area contributed by atoms with Crippen molar-refractivity contribution in [2.75, 3.05) is 6.61 Å². The van der Waals surface area contributed by atoms with E-state index in [1.807, 2.05) is 0 Å². The van der Waals surface area contributed by atoms with Crippen LogP contribution in [-0.2, 0) is 9.53 Å². The van der Waals surface area contributed by atoms with Gasteiger partial charge in [0.25, 0.3) is 0 Å². The van der Waals surface area contributed by atoms with Crippen LogP contribution in [0.4, 0.5) is 0 Å². The molecular weight excluding hydrogens is 300 g/mol. The Morgan fingerprint density at radius 2 is 1.91 bits per heavy atom. The second kappa shape index (κ2) is 5.95. The third-order valence-electron chi connectivity index (χ3n) is 6.46. The Labute approximate surface area is 139 Å². The molecular formula is C17H29ClN2O2. The summed E-state index contributed by atoms with van der Waals surface area (Å²) in [7, 11) is 0. The van der Waals surface area contributed by atoms with Gasteiger partial charge in [-0.15, -0.1) is 12.4 Å². The van der Waals surface area contributed by atoms with Crippen molar-refractivity contribution in [3.8, 4) is 0 Å². The summed E-state index contributed by atoms with van der Waals surface area (Å²) >= 11 is 0. The predicted molar refractivity (Wildman–Crippen MR) is 88.1 cm³/mol. The number of amides is 1. The zero-order valence-corrected chi connectivity index (χ0v) is 14.5. The average molecular weight is 329 g/mol. The van der Waals surface area contributed by atoms with Crippen molar-refractivity contribution in [1.82, 2.24) is 10.6 Å². The molecule has 0 radical (unpaired) electrons. The molecule has 2 N–H and O–H groups in total. The Morgan fingerprint density at radius 1 is 1.23 bits per heavy atom. The number of hydrogen-bond donors (Lipinski definition) is 2. The van der Waals surface area contributed by atoms with Gasteiger partial charge in [-0.3, -0.25) is 4.79 Å². The van der Waals surface area contributed by atoms with E-state index in [0.717, 1.165) is 19.4 Å². The summed E-state index contributed by atoms with van der Waals surface area (Å²) < 4.78 is 5.81. The third kappa shape index (κ3) is 2.67. The van der Waals surface area contributed by atoms with E-state index in [0.29, 0.717) is 36.1 Å². The average Bonchev–Trinajstić information content (AvgIpc) is 3.02. The molecule has 1 amide bonds. The molecule has 1 aliphatic carbocycles.